The molecule has 0 N–H and O–H groups in total. The zero-order valence-electron chi connectivity index (χ0n) is 66.7. The highest BCUT2D eigenvalue weighted by Crippen LogP contribution is 2.47. The minimum absolute atomic E-state index is 0.633. The maximum absolute atomic E-state index is 6.49. The van der Waals surface area contributed by atoms with Gasteiger partial charge < -0.3 is 18.0 Å². The van der Waals surface area contributed by atoms with Crippen LogP contribution in [0, 0.1) is 0 Å². The van der Waals surface area contributed by atoms with E-state index in [-0.39, 0.29) is 0 Å². The van der Waals surface area contributed by atoms with E-state index in [1.807, 2.05) is 146 Å². The smallest absolute Gasteiger partial charge is 0.164 e. The van der Waals surface area contributed by atoms with Crippen LogP contribution in [0.1, 0.15) is 0 Å². The second kappa shape index (κ2) is 28.5. The highest BCUT2D eigenvalue weighted by Gasteiger charge is 2.24. The predicted octanol–water partition coefficient (Wildman–Crippen LogP) is 30.0. The van der Waals surface area contributed by atoms with Crippen LogP contribution in [0.4, 0.5) is 0 Å². The number of rotatable bonds is 10. The van der Waals surface area contributed by atoms with E-state index in [9.17, 15) is 0 Å². The lowest BCUT2D eigenvalue weighted by atomic mass is 9.93. The quantitative estimate of drug-likeness (QED) is 0.124. The second-order valence-corrected chi connectivity index (χ2v) is 31.9. The van der Waals surface area contributed by atoms with Gasteiger partial charge in [0.25, 0.3) is 0 Å². The Balaban J connectivity index is 0.000000136. The summed E-state index contributed by atoms with van der Waals surface area (Å²) in [6, 6.07) is 146. The molecule has 0 aliphatic carbocycles. The fourth-order valence-corrected chi connectivity index (χ4v) is 19.1. The van der Waals surface area contributed by atoms with Crippen LogP contribution in [-0.4, -0.2) is 39.0 Å². The normalized spacial score (nSPS) is 11.9. The summed E-state index contributed by atoms with van der Waals surface area (Å²) in [5.74, 6) is 3.86. The monoisotopic (exact) mass is 1580 g/mol. The summed E-state index contributed by atoms with van der Waals surface area (Å²) >= 11 is 0. The molecule has 0 aliphatic rings. The fraction of sp³-hybridized carbons (Fsp3) is 0. The Morgan fingerprint density at radius 1 is 0.153 bits per heavy atom. The van der Waals surface area contributed by atoms with Crippen LogP contribution in [0.2, 0.25) is 0 Å². The lowest BCUT2D eigenvalue weighted by Gasteiger charge is -2.15. The van der Waals surface area contributed by atoms with E-state index in [1.54, 1.807) is 0 Å². The van der Waals surface area contributed by atoms with E-state index in [4.69, 9.17) is 38.7 Å². The third kappa shape index (κ3) is 11.5. The Morgan fingerprint density at radius 2 is 0.411 bits per heavy atom. The summed E-state index contributed by atoms with van der Waals surface area (Å²) in [6.07, 6.45) is 0. The number of nitrogens with zero attached hydrogens (tertiary/aromatic N) is 8. The van der Waals surface area contributed by atoms with Crippen molar-refractivity contribution in [1.82, 2.24) is 39.0 Å². The molecule has 10 heteroatoms. The maximum atomic E-state index is 6.49. The van der Waals surface area contributed by atoms with E-state index in [0.717, 1.165) is 149 Å². The molecular weight excluding hydrogens is 1510 g/mol. The van der Waals surface area contributed by atoms with Gasteiger partial charge in [-0.2, -0.15) is 0 Å². The molecule has 26 rings (SSSR count). The van der Waals surface area contributed by atoms with Crippen molar-refractivity contribution in [2.75, 3.05) is 0 Å². The summed E-state index contributed by atoms with van der Waals surface area (Å²) in [6.45, 7) is 0. The maximum Gasteiger partial charge on any atom is 0.164 e. The Kier molecular flexibility index (Phi) is 16.1. The Bertz CT molecular complexity index is 8730. The van der Waals surface area contributed by atoms with E-state index < -0.39 is 0 Å². The van der Waals surface area contributed by atoms with Gasteiger partial charge in [-0.05, 0) is 161 Å². The number of fused-ring (bicyclic) bond motifs is 24. The zero-order chi connectivity index (χ0) is 81.5. The van der Waals surface area contributed by atoms with Crippen molar-refractivity contribution >= 4 is 152 Å². The average Bonchev–Trinajstić information content (AvgIpc) is 1.24. The van der Waals surface area contributed by atoms with Crippen LogP contribution in [0.15, 0.2) is 421 Å². The van der Waals surface area contributed by atoms with E-state index in [0.29, 0.717) is 34.9 Å². The van der Waals surface area contributed by atoms with Gasteiger partial charge in [-0.1, -0.05) is 328 Å². The minimum Gasteiger partial charge on any atom is -0.455 e. The average molecular weight is 1580 g/mol. The molecule has 0 saturated carbocycles. The lowest BCUT2D eigenvalue weighted by Crippen LogP contribution is -2.00. The number of hydrogen-bond acceptors (Lipinski definition) is 8. The summed E-state index contributed by atoms with van der Waals surface area (Å²) in [4.78, 5) is 30.2. The highest BCUT2D eigenvalue weighted by atomic mass is 16.3. The summed E-state index contributed by atoms with van der Waals surface area (Å²) in [5.41, 5.74) is 20.5. The second-order valence-electron chi connectivity index (χ2n) is 31.9. The molecule has 26 aromatic rings. The van der Waals surface area contributed by atoms with Crippen molar-refractivity contribution in [3.63, 3.8) is 0 Å². The Hall–Kier alpha value is -16.8. The van der Waals surface area contributed by atoms with Crippen LogP contribution < -0.4 is 0 Å². The third-order valence-electron chi connectivity index (χ3n) is 24.8. The first-order valence-corrected chi connectivity index (χ1v) is 41.9. The van der Waals surface area contributed by atoms with Crippen molar-refractivity contribution in [1.29, 1.82) is 0 Å². The number of para-hydroxylation sites is 6. The van der Waals surface area contributed by atoms with Crippen molar-refractivity contribution < 1.29 is 8.83 Å². The molecule has 6 heterocycles. The lowest BCUT2D eigenvalue weighted by molar-refractivity contribution is 0.669. The molecule has 0 saturated heterocycles. The Morgan fingerprint density at radius 3 is 0.798 bits per heavy atom. The van der Waals surface area contributed by atoms with Crippen LogP contribution >= 0.6 is 0 Å². The van der Waals surface area contributed by atoms with Crippen LogP contribution in [0.3, 0.4) is 0 Å². The molecule has 124 heavy (non-hydrogen) atoms. The number of aromatic nitrogens is 8. The molecule has 0 fully saturated rings. The number of hydrogen-bond donors (Lipinski definition) is 0. The first-order valence-electron chi connectivity index (χ1n) is 41.9. The molecule has 0 radical (unpaired) electrons. The van der Waals surface area contributed by atoms with Gasteiger partial charge in [0.2, 0.25) is 0 Å². The van der Waals surface area contributed by atoms with Crippen LogP contribution in [-0.2, 0) is 0 Å². The van der Waals surface area contributed by atoms with Crippen molar-refractivity contribution in [2.24, 2.45) is 0 Å². The molecule has 0 aliphatic heterocycles. The van der Waals surface area contributed by atoms with E-state index in [2.05, 4.69) is 276 Å². The van der Waals surface area contributed by atoms with E-state index >= 15 is 0 Å². The van der Waals surface area contributed by atoms with Gasteiger partial charge in [0, 0.05) is 99.0 Å². The van der Waals surface area contributed by atoms with Crippen molar-refractivity contribution in [2.45, 2.75) is 0 Å². The largest absolute Gasteiger partial charge is 0.455 e. The third-order valence-corrected chi connectivity index (χ3v) is 24.8. The first kappa shape index (κ1) is 70.2. The minimum atomic E-state index is 0.633. The summed E-state index contributed by atoms with van der Waals surface area (Å²) < 4.78 is 17.8. The first-order chi connectivity index (χ1) is 61.5. The van der Waals surface area contributed by atoms with Crippen molar-refractivity contribution in [3.05, 3.63) is 413 Å². The molecule has 10 nitrogen and oxygen atoms in total. The molecular formula is C114H68N8O2. The molecule has 576 valence electrons. The van der Waals surface area contributed by atoms with Crippen molar-refractivity contribution in [3.8, 4) is 102 Å². The molecule has 0 spiro atoms. The summed E-state index contributed by atoms with van der Waals surface area (Å²) in [7, 11) is 0. The number of benzene rings is 20. The van der Waals surface area contributed by atoms with Gasteiger partial charge in [-0.25, -0.2) is 29.9 Å². The molecule has 0 unspecified atom stereocenters. The van der Waals surface area contributed by atoms with Crippen LogP contribution in [0.5, 0.6) is 0 Å². The van der Waals surface area contributed by atoms with Gasteiger partial charge in [-0.3, -0.25) is 0 Å². The number of furan rings is 2. The van der Waals surface area contributed by atoms with Gasteiger partial charge in [0.05, 0.1) is 22.1 Å². The standard InChI is InChI=1S/2C57H34N4O/c1-3-14-35(15-4-1)55-58-56(36-16-5-2-6-17-36)60-57(59-55)38-26-29-43-44-30-28-39(34-49(44)42-19-8-7-18-41(42)48(43)33-38)61-51-24-11-9-20-45(51)50-32-37(27-31-52(50)61)40-22-13-23-47-46-21-10-12-25-53(46)62-54(40)47;1-3-14-35(15-4-1)55-58-56(36-16-5-2-6-17-36)60-57(59-55)38-26-29-43-41-18-7-8-19-42(41)44-30-28-39(34-49(44)48(43)33-38)61-51-24-11-9-20-45(51)50-32-37(27-31-52(50)61)40-22-13-23-47-46-21-10-12-25-53(46)62-54(40)47/h2*1-34H. The molecule has 0 bridgehead atoms. The zero-order valence-corrected chi connectivity index (χ0v) is 66.7. The van der Waals surface area contributed by atoms with E-state index in [1.165, 1.54) is 70.0 Å². The highest BCUT2D eigenvalue weighted by molar-refractivity contribution is 6.28. The SMILES string of the molecule is c1ccc(-c2nc(-c3ccccc3)nc(-c3ccc4c5ccc(-n6c7ccccc7c7cc(-c8cccc9c8oc8ccccc89)ccc76)cc5c5ccccc5c4c3)n2)cc1.c1ccc(-c2nc(-c3ccccc3)nc(-c3ccc4c5ccccc5c5ccc(-n6c7ccccc7c7cc(-c8cccc9c8oc8ccccc89)ccc76)cc5c4c3)n2)cc1. The van der Waals surface area contributed by atoms with Gasteiger partial charge in [0.15, 0.2) is 34.9 Å². The predicted molar refractivity (Wildman–Crippen MR) is 511 cm³/mol. The topological polar surface area (TPSA) is 113 Å². The Labute approximate surface area is 709 Å². The van der Waals surface area contributed by atoms with Gasteiger partial charge in [0.1, 0.15) is 22.3 Å². The summed E-state index contributed by atoms with van der Waals surface area (Å²) in [5, 5.41) is 23.6. The molecule has 0 amide bonds. The van der Waals surface area contributed by atoms with Crippen LogP contribution in [0.25, 0.3) is 254 Å². The molecule has 20 aromatic carbocycles. The fourth-order valence-electron chi connectivity index (χ4n) is 19.1. The molecule has 0 atom stereocenters. The van der Waals surface area contributed by atoms with Gasteiger partial charge in [-0.15, -0.1) is 0 Å². The van der Waals surface area contributed by atoms with Gasteiger partial charge >= 0.3 is 0 Å². The molecule has 6 aromatic heterocycles.